The standard InChI is InChI=1S/C24H16Cl2N6S/c25-14-5-6-15(19(26)11-14)23-31-20-4-2-1-3-16(20)22(32-23)29-9-10-30-24-17(12-27)18-13-28-8-7-21(18)33-24/h1-8,11,13,30H,9-10H2,(H,29,31,32). The molecule has 0 radical (unpaired) electrons. The number of nitrogens with one attached hydrogen (secondary N) is 2. The molecule has 0 atom stereocenters. The van der Waals surface area contributed by atoms with E-state index < -0.39 is 0 Å². The van der Waals surface area contributed by atoms with Gasteiger partial charge in [0.1, 0.15) is 16.9 Å². The van der Waals surface area contributed by atoms with Gasteiger partial charge in [0.2, 0.25) is 0 Å². The summed E-state index contributed by atoms with van der Waals surface area (Å²) in [6, 6.07) is 17.3. The van der Waals surface area contributed by atoms with E-state index in [-0.39, 0.29) is 0 Å². The largest absolute Gasteiger partial charge is 0.374 e. The molecule has 0 aliphatic rings. The molecule has 0 unspecified atom stereocenters. The number of rotatable bonds is 6. The summed E-state index contributed by atoms with van der Waals surface area (Å²) in [6.45, 7) is 1.19. The second-order valence-corrected chi connectivity index (χ2v) is 9.08. The minimum absolute atomic E-state index is 0.494. The number of hydrogen-bond acceptors (Lipinski definition) is 7. The van der Waals surface area contributed by atoms with E-state index in [0.29, 0.717) is 45.9 Å². The van der Waals surface area contributed by atoms with E-state index in [9.17, 15) is 5.26 Å². The van der Waals surface area contributed by atoms with Crippen molar-refractivity contribution in [3.63, 3.8) is 0 Å². The maximum atomic E-state index is 9.57. The van der Waals surface area contributed by atoms with Gasteiger partial charge in [-0.1, -0.05) is 35.3 Å². The number of pyridine rings is 1. The Hall–Kier alpha value is -3.44. The van der Waals surface area contributed by atoms with Crippen LogP contribution in [0.25, 0.3) is 32.4 Å². The molecule has 2 aromatic carbocycles. The molecule has 0 saturated heterocycles. The first-order valence-electron chi connectivity index (χ1n) is 10.1. The van der Waals surface area contributed by atoms with Crippen LogP contribution in [0.1, 0.15) is 5.56 Å². The third-order valence-corrected chi connectivity index (χ3v) is 6.76. The van der Waals surface area contributed by atoms with Gasteiger partial charge in [-0.25, -0.2) is 9.97 Å². The molecule has 9 heteroatoms. The molecule has 3 aromatic heterocycles. The maximum Gasteiger partial charge on any atom is 0.163 e. The van der Waals surface area contributed by atoms with Crippen molar-refractivity contribution in [1.29, 1.82) is 5.26 Å². The second kappa shape index (κ2) is 9.20. The average Bonchev–Trinajstić information content (AvgIpc) is 3.19. The smallest absolute Gasteiger partial charge is 0.163 e. The summed E-state index contributed by atoms with van der Waals surface area (Å²) in [5, 5.41) is 20.0. The maximum absolute atomic E-state index is 9.57. The van der Waals surface area contributed by atoms with Crippen molar-refractivity contribution >= 4 is 66.3 Å². The predicted octanol–water partition coefficient (Wildman–Crippen LogP) is 6.61. The zero-order valence-electron chi connectivity index (χ0n) is 17.1. The van der Waals surface area contributed by atoms with E-state index in [1.165, 1.54) is 0 Å². The Morgan fingerprint density at radius 1 is 0.970 bits per heavy atom. The third kappa shape index (κ3) is 4.29. The fourth-order valence-corrected chi connectivity index (χ4v) is 5.08. The van der Waals surface area contributed by atoms with Crippen molar-refractivity contribution in [2.75, 3.05) is 23.7 Å². The van der Waals surface area contributed by atoms with Crippen LogP contribution in [-0.2, 0) is 0 Å². The molecule has 0 spiro atoms. The Balaban J connectivity index is 1.38. The summed E-state index contributed by atoms with van der Waals surface area (Å²) in [4.78, 5) is 13.6. The average molecular weight is 491 g/mol. The predicted molar refractivity (Wildman–Crippen MR) is 136 cm³/mol. The van der Waals surface area contributed by atoms with Gasteiger partial charge < -0.3 is 10.6 Å². The molecule has 0 amide bonds. The molecule has 5 aromatic rings. The first-order chi connectivity index (χ1) is 16.1. The van der Waals surface area contributed by atoms with Gasteiger partial charge in [0.05, 0.1) is 16.1 Å². The van der Waals surface area contributed by atoms with Crippen LogP contribution in [0.4, 0.5) is 10.8 Å². The van der Waals surface area contributed by atoms with Gasteiger partial charge in [0.15, 0.2) is 5.82 Å². The van der Waals surface area contributed by atoms with Gasteiger partial charge in [-0.3, -0.25) is 4.98 Å². The summed E-state index contributed by atoms with van der Waals surface area (Å²) < 4.78 is 1.03. The number of thiophene rings is 1. The summed E-state index contributed by atoms with van der Waals surface area (Å²) in [6.07, 6.45) is 3.46. The molecule has 3 heterocycles. The van der Waals surface area contributed by atoms with E-state index >= 15 is 0 Å². The van der Waals surface area contributed by atoms with Crippen LogP contribution in [-0.4, -0.2) is 28.0 Å². The summed E-state index contributed by atoms with van der Waals surface area (Å²) in [5.74, 6) is 1.24. The SMILES string of the molecule is N#Cc1c(NCCNc2nc(-c3ccc(Cl)cc3Cl)nc3ccccc23)sc2ccncc12. The van der Waals surface area contributed by atoms with Crippen molar-refractivity contribution in [1.82, 2.24) is 15.0 Å². The lowest BCUT2D eigenvalue weighted by Crippen LogP contribution is -2.15. The van der Waals surface area contributed by atoms with Gasteiger partial charge in [0.25, 0.3) is 0 Å². The van der Waals surface area contributed by atoms with Crippen LogP contribution in [0.3, 0.4) is 0 Å². The molecule has 0 bridgehead atoms. The quantitative estimate of drug-likeness (QED) is 0.260. The lowest BCUT2D eigenvalue weighted by molar-refractivity contribution is 1.06. The van der Waals surface area contributed by atoms with Crippen molar-refractivity contribution < 1.29 is 0 Å². The summed E-state index contributed by atoms with van der Waals surface area (Å²) in [5.41, 5.74) is 2.15. The molecule has 2 N–H and O–H groups in total. The van der Waals surface area contributed by atoms with Gasteiger partial charge in [-0.2, -0.15) is 5.26 Å². The first-order valence-corrected chi connectivity index (χ1v) is 11.7. The lowest BCUT2D eigenvalue weighted by atomic mass is 10.2. The first kappa shape index (κ1) is 21.4. The van der Waals surface area contributed by atoms with Crippen LogP contribution >= 0.6 is 34.5 Å². The van der Waals surface area contributed by atoms with Crippen LogP contribution in [0.15, 0.2) is 60.9 Å². The Morgan fingerprint density at radius 3 is 2.67 bits per heavy atom. The van der Waals surface area contributed by atoms with Crippen molar-refractivity contribution in [3.8, 4) is 17.5 Å². The summed E-state index contributed by atoms with van der Waals surface area (Å²) in [7, 11) is 0. The highest BCUT2D eigenvalue weighted by Crippen LogP contribution is 2.34. The molecule has 5 rings (SSSR count). The zero-order valence-corrected chi connectivity index (χ0v) is 19.5. The van der Waals surface area contributed by atoms with E-state index in [2.05, 4.69) is 26.7 Å². The van der Waals surface area contributed by atoms with Gasteiger partial charge in [-0.15, -0.1) is 11.3 Å². The molecular formula is C24H16Cl2N6S. The Morgan fingerprint density at radius 2 is 1.82 bits per heavy atom. The normalized spacial score (nSPS) is 10.9. The molecule has 0 fully saturated rings. The van der Waals surface area contributed by atoms with Gasteiger partial charge >= 0.3 is 0 Å². The molecule has 33 heavy (non-hydrogen) atoms. The Kier molecular flexibility index (Phi) is 5.97. The molecular weight excluding hydrogens is 475 g/mol. The zero-order chi connectivity index (χ0) is 22.8. The lowest BCUT2D eigenvalue weighted by Gasteiger charge is -2.12. The molecule has 0 saturated carbocycles. The highest BCUT2D eigenvalue weighted by molar-refractivity contribution is 7.23. The monoisotopic (exact) mass is 490 g/mol. The number of hydrogen-bond donors (Lipinski definition) is 2. The van der Waals surface area contributed by atoms with Crippen LogP contribution in [0.5, 0.6) is 0 Å². The topological polar surface area (TPSA) is 86.5 Å². The number of anilines is 2. The Labute approximate surface area is 203 Å². The molecule has 0 aliphatic heterocycles. The van der Waals surface area contributed by atoms with E-state index in [4.69, 9.17) is 28.2 Å². The van der Waals surface area contributed by atoms with E-state index in [1.807, 2.05) is 36.4 Å². The van der Waals surface area contributed by atoms with E-state index in [1.54, 1.807) is 35.9 Å². The summed E-state index contributed by atoms with van der Waals surface area (Å²) >= 11 is 14.0. The fourth-order valence-electron chi connectivity index (χ4n) is 3.54. The highest BCUT2D eigenvalue weighted by atomic mass is 35.5. The van der Waals surface area contributed by atoms with Gasteiger partial charge in [-0.05, 0) is 36.4 Å². The number of halogens is 2. The van der Waals surface area contributed by atoms with Crippen molar-refractivity contribution in [2.45, 2.75) is 0 Å². The number of nitriles is 1. The van der Waals surface area contributed by atoms with Crippen LogP contribution in [0, 0.1) is 11.3 Å². The number of aromatic nitrogens is 3. The number of benzene rings is 2. The highest BCUT2D eigenvalue weighted by Gasteiger charge is 2.13. The molecule has 6 nitrogen and oxygen atoms in total. The minimum Gasteiger partial charge on any atom is -0.374 e. The van der Waals surface area contributed by atoms with Crippen molar-refractivity contribution in [3.05, 3.63) is 76.5 Å². The van der Waals surface area contributed by atoms with Crippen LogP contribution in [0.2, 0.25) is 10.0 Å². The van der Waals surface area contributed by atoms with Crippen LogP contribution < -0.4 is 10.6 Å². The number of fused-ring (bicyclic) bond motifs is 2. The Bertz CT molecular complexity index is 1530. The number of para-hydroxylation sites is 1. The van der Waals surface area contributed by atoms with Crippen molar-refractivity contribution in [2.24, 2.45) is 0 Å². The van der Waals surface area contributed by atoms with Gasteiger partial charge in [0, 0.05) is 51.5 Å². The second-order valence-electron chi connectivity index (χ2n) is 7.18. The van der Waals surface area contributed by atoms with E-state index in [0.717, 1.165) is 26.0 Å². The third-order valence-electron chi connectivity index (χ3n) is 5.08. The number of nitrogens with zero attached hydrogens (tertiary/aromatic N) is 4. The molecule has 162 valence electrons. The minimum atomic E-state index is 0.494. The fraction of sp³-hybridized carbons (Fsp3) is 0.0833. The molecule has 0 aliphatic carbocycles.